The summed E-state index contributed by atoms with van der Waals surface area (Å²) in [5, 5.41) is 24.4. The molecule has 0 unspecified atom stereocenters. The molecule has 2 heterocycles. The van der Waals surface area contributed by atoms with Crippen LogP contribution in [0.2, 0.25) is 0 Å². The van der Waals surface area contributed by atoms with Gasteiger partial charge in [0.25, 0.3) is 0 Å². The number of aliphatic hydroxyl groups is 2. The van der Waals surface area contributed by atoms with Crippen LogP contribution < -0.4 is 0 Å². The van der Waals surface area contributed by atoms with Crippen molar-refractivity contribution in [2.24, 2.45) is 0 Å². The van der Waals surface area contributed by atoms with Crippen LogP contribution in [-0.4, -0.2) is 84.8 Å². The largest absolute Gasteiger partial charge is 0.385 e. The lowest BCUT2D eigenvalue weighted by Crippen LogP contribution is -2.65. The van der Waals surface area contributed by atoms with E-state index in [0.29, 0.717) is 13.2 Å². The van der Waals surface area contributed by atoms with Gasteiger partial charge in [-0.1, -0.05) is 182 Å². The van der Waals surface area contributed by atoms with Crippen LogP contribution in [0.1, 0.15) is 33.4 Å². The van der Waals surface area contributed by atoms with Crippen LogP contribution in [0, 0.1) is 0 Å². The smallest absolute Gasteiger partial charge is 0.187 e. The molecule has 2 N–H and O–H groups in total. The monoisotopic (exact) mass is 882 g/mol. The molecule has 6 aromatic carbocycles. The van der Waals surface area contributed by atoms with Gasteiger partial charge < -0.3 is 52.8 Å². The van der Waals surface area contributed by atoms with Gasteiger partial charge in [0.05, 0.1) is 52.9 Å². The molecule has 0 radical (unpaired) electrons. The predicted octanol–water partition coefficient (Wildman–Crippen LogP) is 7.95. The van der Waals surface area contributed by atoms with Crippen molar-refractivity contribution < 1.29 is 52.8 Å². The molecule has 10 atom stereocenters. The van der Waals surface area contributed by atoms with Crippen molar-refractivity contribution >= 4 is 0 Å². The second-order valence-corrected chi connectivity index (χ2v) is 16.2. The molecule has 2 saturated heterocycles. The minimum absolute atomic E-state index is 0.0768. The lowest BCUT2D eigenvalue weighted by Gasteiger charge is -2.48. The first-order valence-electron chi connectivity index (χ1n) is 22.3. The van der Waals surface area contributed by atoms with Gasteiger partial charge in [0.2, 0.25) is 0 Å². The molecule has 2 fully saturated rings. The van der Waals surface area contributed by atoms with Crippen LogP contribution in [0.5, 0.6) is 0 Å². The van der Waals surface area contributed by atoms with Gasteiger partial charge in [-0.05, 0) is 33.4 Å². The molecule has 0 aliphatic carbocycles. The molecule has 8 rings (SSSR count). The highest BCUT2D eigenvalue weighted by Crippen LogP contribution is 2.35. The zero-order valence-electron chi connectivity index (χ0n) is 36.3. The topological polar surface area (TPSA) is 124 Å². The standard InChI is InChI=1S/C54H58O11/c55-47-50(61-35-43-27-15-5-16-28-43)48(59-33-41-23-11-3-12-24-41)46(38-58-32-40-21-9-2-10-22-40)64-54(47)65-52-51(62-36-44-29-17-6-18-30-44)49(60-34-42-25-13-4-14-26-42)45(63-53(52)56)37-57-31-39-19-7-1-8-20-39/h1-30,45-56H,31-38H2/t45-,46-,47-,48-,49-,50-,51+,52-,53-,54+/m1/s1. The van der Waals surface area contributed by atoms with Gasteiger partial charge in [-0.15, -0.1) is 0 Å². The zero-order chi connectivity index (χ0) is 44.5. The Balaban J connectivity index is 1.09. The highest BCUT2D eigenvalue weighted by atomic mass is 16.7. The van der Waals surface area contributed by atoms with Crippen LogP contribution in [0.4, 0.5) is 0 Å². The molecule has 0 amide bonds. The maximum Gasteiger partial charge on any atom is 0.187 e. The average Bonchev–Trinajstić information content (AvgIpc) is 3.35. The van der Waals surface area contributed by atoms with Crippen LogP contribution >= 0.6 is 0 Å². The van der Waals surface area contributed by atoms with Gasteiger partial charge in [-0.25, -0.2) is 0 Å². The van der Waals surface area contributed by atoms with Crippen LogP contribution in [0.3, 0.4) is 0 Å². The normalized spacial score (nSPS) is 25.6. The molecule has 65 heavy (non-hydrogen) atoms. The van der Waals surface area contributed by atoms with E-state index in [4.69, 9.17) is 42.6 Å². The average molecular weight is 883 g/mol. The van der Waals surface area contributed by atoms with Gasteiger partial charge >= 0.3 is 0 Å². The van der Waals surface area contributed by atoms with Gasteiger partial charge in [-0.2, -0.15) is 0 Å². The summed E-state index contributed by atoms with van der Waals surface area (Å²) >= 11 is 0. The van der Waals surface area contributed by atoms with Gasteiger partial charge in [0.15, 0.2) is 12.6 Å². The third kappa shape index (κ3) is 13.5. The summed E-state index contributed by atoms with van der Waals surface area (Å²) in [7, 11) is 0. The SMILES string of the molecule is O[C@H]1[C@H](O[C@@H]2[C@@H](OCc3ccccc3)[C@H](OCc3ccccc3)[C@@H](COCc3ccccc3)O[C@H]2O)O[C@H](COCc2ccccc2)[C@@H](OCc2ccccc2)[C@@H]1OCc1ccccc1. The van der Waals surface area contributed by atoms with E-state index in [2.05, 4.69) is 0 Å². The second-order valence-electron chi connectivity index (χ2n) is 16.2. The molecule has 6 aromatic rings. The van der Waals surface area contributed by atoms with E-state index in [9.17, 15) is 10.2 Å². The molecule has 11 heteroatoms. The van der Waals surface area contributed by atoms with Crippen LogP contribution in [0.25, 0.3) is 0 Å². The number of benzene rings is 6. The highest BCUT2D eigenvalue weighted by molar-refractivity contribution is 5.18. The summed E-state index contributed by atoms with van der Waals surface area (Å²) in [6.07, 6.45) is -10.6. The lowest BCUT2D eigenvalue weighted by molar-refractivity contribution is -0.375. The van der Waals surface area contributed by atoms with E-state index in [0.717, 1.165) is 33.4 Å². The van der Waals surface area contributed by atoms with Crippen molar-refractivity contribution in [2.45, 2.75) is 101 Å². The second kappa shape index (κ2) is 24.4. The fourth-order valence-electron chi connectivity index (χ4n) is 8.05. The van der Waals surface area contributed by atoms with Crippen molar-refractivity contribution in [3.05, 3.63) is 215 Å². The Morgan fingerprint density at radius 2 is 0.646 bits per heavy atom. The number of hydrogen-bond donors (Lipinski definition) is 2. The van der Waals surface area contributed by atoms with Crippen LogP contribution in [-0.2, 0) is 82.3 Å². The summed E-state index contributed by atoms with van der Waals surface area (Å²) < 4.78 is 59.0. The van der Waals surface area contributed by atoms with E-state index < -0.39 is 61.4 Å². The van der Waals surface area contributed by atoms with E-state index in [1.54, 1.807) is 0 Å². The molecular weight excluding hydrogens is 825 g/mol. The zero-order valence-corrected chi connectivity index (χ0v) is 36.3. The maximum absolute atomic E-state index is 12.4. The Morgan fingerprint density at radius 3 is 1.03 bits per heavy atom. The summed E-state index contributed by atoms with van der Waals surface area (Å²) in [5.74, 6) is 0. The molecule has 0 saturated carbocycles. The third-order valence-corrected chi connectivity index (χ3v) is 11.4. The number of aliphatic hydroxyl groups excluding tert-OH is 2. The number of rotatable bonds is 22. The summed E-state index contributed by atoms with van der Waals surface area (Å²) in [5.41, 5.74) is 5.67. The Morgan fingerprint density at radius 1 is 0.338 bits per heavy atom. The minimum atomic E-state index is -1.54. The van der Waals surface area contributed by atoms with Crippen molar-refractivity contribution in [2.75, 3.05) is 13.2 Å². The molecular formula is C54H58O11. The Bertz CT molecular complexity index is 2210. The van der Waals surface area contributed by atoms with Crippen molar-refractivity contribution in [1.82, 2.24) is 0 Å². The minimum Gasteiger partial charge on any atom is -0.385 e. The Labute approximate surface area is 381 Å². The van der Waals surface area contributed by atoms with E-state index in [1.165, 1.54) is 0 Å². The molecule has 340 valence electrons. The summed E-state index contributed by atoms with van der Waals surface area (Å²) in [6.45, 7) is 1.60. The van der Waals surface area contributed by atoms with E-state index >= 15 is 0 Å². The maximum atomic E-state index is 12.4. The molecule has 0 spiro atoms. The number of ether oxygens (including phenoxy) is 9. The highest BCUT2D eigenvalue weighted by Gasteiger charge is 2.53. The van der Waals surface area contributed by atoms with Gasteiger partial charge in [-0.3, -0.25) is 0 Å². The van der Waals surface area contributed by atoms with Crippen LogP contribution in [0.15, 0.2) is 182 Å². The third-order valence-electron chi connectivity index (χ3n) is 11.4. The summed E-state index contributed by atoms with van der Waals surface area (Å²) in [6, 6.07) is 58.7. The first-order valence-corrected chi connectivity index (χ1v) is 22.3. The van der Waals surface area contributed by atoms with Gasteiger partial charge in [0.1, 0.15) is 48.8 Å². The Hall–Kier alpha value is -5.12. The molecule has 11 nitrogen and oxygen atoms in total. The molecule has 0 bridgehead atoms. The van der Waals surface area contributed by atoms with Crippen molar-refractivity contribution in [3.63, 3.8) is 0 Å². The molecule has 2 aliphatic rings. The van der Waals surface area contributed by atoms with Crippen molar-refractivity contribution in [1.29, 1.82) is 0 Å². The molecule has 0 aromatic heterocycles. The number of hydrogen-bond acceptors (Lipinski definition) is 11. The fraction of sp³-hybridized carbons (Fsp3) is 0.333. The lowest BCUT2D eigenvalue weighted by atomic mass is 9.96. The van der Waals surface area contributed by atoms with Gasteiger partial charge in [0, 0.05) is 0 Å². The first kappa shape index (κ1) is 46.4. The quantitative estimate of drug-likeness (QED) is 0.0691. The van der Waals surface area contributed by atoms with E-state index in [1.807, 2.05) is 182 Å². The first-order chi connectivity index (χ1) is 32.1. The van der Waals surface area contributed by atoms with E-state index in [-0.39, 0.29) is 39.6 Å². The van der Waals surface area contributed by atoms with Crippen molar-refractivity contribution in [3.8, 4) is 0 Å². The molecule has 2 aliphatic heterocycles. The summed E-state index contributed by atoms with van der Waals surface area (Å²) in [4.78, 5) is 0. The predicted molar refractivity (Wildman–Crippen MR) is 243 cm³/mol. The Kier molecular flexibility index (Phi) is 17.4. The fourth-order valence-corrected chi connectivity index (χ4v) is 8.05.